The van der Waals surface area contributed by atoms with Crippen molar-refractivity contribution in [3.05, 3.63) is 65.0 Å². The molecule has 0 aliphatic carbocycles. The highest BCUT2D eigenvalue weighted by Gasteiger charge is 2.25. The summed E-state index contributed by atoms with van der Waals surface area (Å²) in [4.78, 5) is 15.0. The number of halogens is 1. The number of carbonyl (C=O) groups is 1. The van der Waals surface area contributed by atoms with E-state index in [-0.39, 0.29) is 17.8 Å². The zero-order valence-corrected chi connectivity index (χ0v) is 16.0. The van der Waals surface area contributed by atoms with Gasteiger partial charge in [0.1, 0.15) is 11.6 Å². The van der Waals surface area contributed by atoms with E-state index < -0.39 is 0 Å². The Morgan fingerprint density at radius 1 is 1.19 bits per heavy atom. The molecule has 1 N–H and O–H groups in total. The fourth-order valence-corrected chi connectivity index (χ4v) is 3.63. The Morgan fingerprint density at radius 2 is 1.93 bits per heavy atom. The van der Waals surface area contributed by atoms with Gasteiger partial charge in [0.15, 0.2) is 0 Å². The molecule has 27 heavy (non-hydrogen) atoms. The maximum atomic E-state index is 13.8. The largest absolute Gasteiger partial charge is 0.496 e. The fourth-order valence-electron chi connectivity index (χ4n) is 3.63. The Morgan fingerprint density at radius 3 is 2.63 bits per heavy atom. The molecule has 5 heteroatoms. The van der Waals surface area contributed by atoms with E-state index in [9.17, 15) is 9.18 Å². The van der Waals surface area contributed by atoms with E-state index in [1.54, 1.807) is 26.2 Å². The molecule has 0 radical (unpaired) electrons. The monoisotopic (exact) mass is 370 g/mol. The fraction of sp³-hybridized carbons (Fsp3) is 0.409. The van der Waals surface area contributed by atoms with Crippen molar-refractivity contribution in [2.45, 2.75) is 32.2 Å². The van der Waals surface area contributed by atoms with E-state index in [4.69, 9.17) is 4.74 Å². The average Bonchev–Trinajstić information content (AvgIpc) is 2.71. The molecule has 0 bridgehead atoms. The van der Waals surface area contributed by atoms with Gasteiger partial charge < -0.3 is 10.1 Å². The van der Waals surface area contributed by atoms with E-state index in [0.717, 1.165) is 37.2 Å². The van der Waals surface area contributed by atoms with E-state index in [0.29, 0.717) is 17.7 Å². The molecular weight excluding hydrogens is 343 g/mol. The zero-order chi connectivity index (χ0) is 19.2. The van der Waals surface area contributed by atoms with Crippen molar-refractivity contribution in [2.75, 3.05) is 26.7 Å². The highest BCUT2D eigenvalue weighted by Crippen LogP contribution is 2.31. The number of nitrogens with one attached hydrogen (secondary N) is 1. The van der Waals surface area contributed by atoms with Crippen molar-refractivity contribution in [2.24, 2.45) is 0 Å². The number of hydrogen-bond acceptors (Lipinski definition) is 3. The maximum absolute atomic E-state index is 13.8. The van der Waals surface area contributed by atoms with Crippen LogP contribution < -0.4 is 10.1 Å². The van der Waals surface area contributed by atoms with E-state index in [1.807, 2.05) is 18.2 Å². The van der Waals surface area contributed by atoms with Gasteiger partial charge in [-0.3, -0.25) is 9.69 Å². The minimum Gasteiger partial charge on any atom is -0.496 e. The van der Waals surface area contributed by atoms with Gasteiger partial charge in [-0.1, -0.05) is 30.7 Å². The molecular formula is C22H27FN2O2. The van der Waals surface area contributed by atoms with Crippen molar-refractivity contribution in [3.8, 4) is 5.75 Å². The van der Waals surface area contributed by atoms with Crippen LogP contribution in [0.15, 0.2) is 42.5 Å². The van der Waals surface area contributed by atoms with Crippen LogP contribution in [-0.4, -0.2) is 37.6 Å². The predicted octanol–water partition coefficient (Wildman–Crippen LogP) is 4.10. The molecule has 0 spiro atoms. The zero-order valence-electron chi connectivity index (χ0n) is 16.0. The van der Waals surface area contributed by atoms with Crippen LogP contribution in [0, 0.1) is 12.7 Å². The van der Waals surface area contributed by atoms with E-state index in [1.165, 1.54) is 12.5 Å². The number of hydrogen-bond donors (Lipinski definition) is 1. The number of ether oxygens (including phenoxy) is 1. The highest BCUT2D eigenvalue weighted by atomic mass is 19.1. The summed E-state index contributed by atoms with van der Waals surface area (Å²) in [6, 6.07) is 12.6. The smallest absolute Gasteiger partial charge is 0.251 e. The number of amides is 1. The molecule has 1 aliphatic rings. The lowest BCUT2D eigenvalue weighted by molar-refractivity contribution is 0.0922. The Hall–Kier alpha value is -2.40. The van der Waals surface area contributed by atoms with E-state index >= 15 is 0 Å². The van der Waals surface area contributed by atoms with Crippen molar-refractivity contribution < 1.29 is 13.9 Å². The highest BCUT2D eigenvalue weighted by molar-refractivity contribution is 5.94. The number of methoxy groups -OCH3 is 1. The third-order valence-corrected chi connectivity index (χ3v) is 5.22. The van der Waals surface area contributed by atoms with Crippen LogP contribution >= 0.6 is 0 Å². The SMILES string of the molecule is COc1ccccc1C(CNC(=O)c1ccc(C)c(F)c1)N1CCCCC1. The summed E-state index contributed by atoms with van der Waals surface area (Å²) in [6.45, 7) is 4.13. The minimum atomic E-state index is -0.361. The number of para-hydroxylation sites is 1. The molecule has 144 valence electrons. The van der Waals surface area contributed by atoms with Gasteiger partial charge in [-0.25, -0.2) is 4.39 Å². The van der Waals surface area contributed by atoms with Gasteiger partial charge >= 0.3 is 0 Å². The van der Waals surface area contributed by atoms with Gasteiger partial charge in [0.05, 0.1) is 13.2 Å². The first-order valence-corrected chi connectivity index (χ1v) is 9.51. The van der Waals surface area contributed by atoms with Crippen molar-refractivity contribution in [1.82, 2.24) is 10.2 Å². The van der Waals surface area contributed by atoms with Gasteiger partial charge in [-0.15, -0.1) is 0 Å². The summed E-state index contributed by atoms with van der Waals surface area (Å²) in [7, 11) is 1.67. The molecule has 1 unspecified atom stereocenters. The first kappa shape index (κ1) is 19.4. The third-order valence-electron chi connectivity index (χ3n) is 5.22. The van der Waals surface area contributed by atoms with Crippen LogP contribution in [0.25, 0.3) is 0 Å². The minimum absolute atomic E-state index is 0.0284. The van der Waals surface area contributed by atoms with Crippen LogP contribution in [0.5, 0.6) is 5.75 Å². The second-order valence-electron chi connectivity index (χ2n) is 7.03. The molecule has 2 aromatic carbocycles. The second kappa shape index (κ2) is 9.00. The molecule has 1 saturated heterocycles. The van der Waals surface area contributed by atoms with Gasteiger partial charge in [0, 0.05) is 17.7 Å². The van der Waals surface area contributed by atoms with Crippen LogP contribution in [-0.2, 0) is 0 Å². The van der Waals surface area contributed by atoms with Gasteiger partial charge in [0.25, 0.3) is 5.91 Å². The molecule has 2 aromatic rings. The molecule has 1 heterocycles. The van der Waals surface area contributed by atoms with Crippen molar-refractivity contribution >= 4 is 5.91 Å². The topological polar surface area (TPSA) is 41.6 Å². The van der Waals surface area contributed by atoms with Crippen LogP contribution in [0.3, 0.4) is 0 Å². The summed E-state index contributed by atoms with van der Waals surface area (Å²) in [6.07, 6.45) is 3.55. The quantitative estimate of drug-likeness (QED) is 0.832. The maximum Gasteiger partial charge on any atom is 0.251 e. The average molecular weight is 370 g/mol. The Kier molecular flexibility index (Phi) is 6.45. The van der Waals surface area contributed by atoms with Crippen LogP contribution in [0.4, 0.5) is 4.39 Å². The lowest BCUT2D eigenvalue weighted by Gasteiger charge is -2.35. The number of nitrogens with zero attached hydrogens (tertiary/aromatic N) is 1. The van der Waals surface area contributed by atoms with Gasteiger partial charge in [-0.05, 0) is 56.6 Å². The standard InChI is InChI=1S/C22H27FN2O2/c1-16-10-11-17(14-19(16)23)22(26)24-15-20(25-12-6-3-7-13-25)18-8-4-5-9-21(18)27-2/h4-5,8-11,14,20H,3,6-7,12-13,15H2,1-2H3,(H,24,26). The predicted molar refractivity (Wildman–Crippen MR) is 105 cm³/mol. The van der Waals surface area contributed by atoms with Gasteiger partial charge in [0.2, 0.25) is 0 Å². The molecule has 0 aromatic heterocycles. The summed E-state index contributed by atoms with van der Waals surface area (Å²) >= 11 is 0. The van der Waals surface area contributed by atoms with Crippen LogP contribution in [0.1, 0.15) is 46.8 Å². The van der Waals surface area contributed by atoms with Crippen molar-refractivity contribution in [1.29, 1.82) is 0 Å². The molecule has 4 nitrogen and oxygen atoms in total. The lowest BCUT2D eigenvalue weighted by Crippen LogP contribution is -2.40. The summed E-state index contributed by atoms with van der Waals surface area (Å²) in [5.41, 5.74) is 1.94. The van der Waals surface area contributed by atoms with Crippen molar-refractivity contribution in [3.63, 3.8) is 0 Å². The van der Waals surface area contributed by atoms with E-state index in [2.05, 4.69) is 16.3 Å². The number of rotatable bonds is 6. The molecule has 1 atom stereocenters. The second-order valence-corrected chi connectivity index (χ2v) is 7.03. The van der Waals surface area contributed by atoms with Crippen LogP contribution in [0.2, 0.25) is 0 Å². The number of aryl methyl sites for hydroxylation is 1. The number of piperidine rings is 1. The first-order valence-electron chi connectivity index (χ1n) is 9.51. The summed E-state index contributed by atoms with van der Waals surface area (Å²) < 4.78 is 19.3. The molecule has 1 aliphatic heterocycles. The Labute approximate surface area is 160 Å². The van der Waals surface area contributed by atoms with Gasteiger partial charge in [-0.2, -0.15) is 0 Å². The Bertz CT molecular complexity index is 788. The lowest BCUT2D eigenvalue weighted by atomic mass is 10.0. The normalized spacial score (nSPS) is 16.0. The first-order chi connectivity index (χ1) is 13.1. The molecule has 3 rings (SSSR count). The number of likely N-dealkylation sites (tertiary alicyclic amines) is 1. The summed E-state index contributed by atoms with van der Waals surface area (Å²) in [5.74, 6) is 0.203. The number of benzene rings is 2. The number of carbonyl (C=O) groups excluding carboxylic acids is 1. The summed E-state index contributed by atoms with van der Waals surface area (Å²) in [5, 5.41) is 2.99. The third kappa shape index (κ3) is 4.66. The molecule has 0 saturated carbocycles. The Balaban J connectivity index is 1.78. The molecule has 1 fully saturated rings. The molecule has 1 amide bonds.